The van der Waals surface area contributed by atoms with Crippen molar-refractivity contribution in [3.8, 4) is 5.75 Å². The first kappa shape index (κ1) is 10.0. The zero-order valence-corrected chi connectivity index (χ0v) is 8.04. The van der Waals surface area contributed by atoms with Crippen LogP contribution in [0.25, 0.3) is 0 Å². The number of benzene rings is 1. The largest absolute Gasteiger partial charge is 0.380 e. The lowest BCUT2D eigenvalue weighted by Crippen LogP contribution is -2.19. The zero-order chi connectivity index (χ0) is 9.90. The average Bonchev–Trinajstić information content (AvgIpc) is 2.02. The second kappa shape index (κ2) is 3.76. The van der Waals surface area contributed by atoms with E-state index >= 15 is 0 Å². The summed E-state index contributed by atoms with van der Waals surface area (Å²) in [4.78, 5) is 0. The Morgan fingerprint density at radius 1 is 1.38 bits per heavy atom. The molecule has 0 aliphatic carbocycles. The summed E-state index contributed by atoms with van der Waals surface area (Å²) in [5, 5.41) is 4.74. The standard InChI is InChI=1S/C8H11NO3S/c1-2-7-5-3-4-6-8(7)12-13(9,10)11/h3-6H,2H2,1H3,(H2,9,10,11). The van der Waals surface area contributed by atoms with E-state index < -0.39 is 10.3 Å². The van der Waals surface area contributed by atoms with Crippen molar-refractivity contribution in [1.82, 2.24) is 0 Å². The first-order valence-corrected chi connectivity index (χ1v) is 5.30. The third-order valence-electron chi connectivity index (χ3n) is 1.56. The third-order valence-corrected chi connectivity index (χ3v) is 1.97. The van der Waals surface area contributed by atoms with Crippen molar-refractivity contribution >= 4 is 10.3 Å². The molecule has 0 amide bonds. The Bertz CT molecular complexity index is 386. The van der Waals surface area contributed by atoms with Crippen LogP contribution in [0.5, 0.6) is 5.75 Å². The van der Waals surface area contributed by atoms with Crippen molar-refractivity contribution in [2.45, 2.75) is 13.3 Å². The van der Waals surface area contributed by atoms with E-state index in [4.69, 9.17) is 5.14 Å². The molecule has 0 heterocycles. The number of para-hydroxylation sites is 1. The Hall–Kier alpha value is -1.07. The first-order valence-electron chi connectivity index (χ1n) is 3.83. The summed E-state index contributed by atoms with van der Waals surface area (Å²) < 4.78 is 25.8. The van der Waals surface area contributed by atoms with Crippen LogP contribution in [0, 0.1) is 0 Å². The molecule has 1 rings (SSSR count). The van der Waals surface area contributed by atoms with Gasteiger partial charge in [-0.2, -0.15) is 13.6 Å². The Kier molecular flexibility index (Phi) is 2.90. The fraction of sp³-hybridized carbons (Fsp3) is 0.250. The number of hydrogen-bond donors (Lipinski definition) is 1. The van der Waals surface area contributed by atoms with Gasteiger partial charge in [-0.1, -0.05) is 25.1 Å². The van der Waals surface area contributed by atoms with Gasteiger partial charge < -0.3 is 4.18 Å². The topological polar surface area (TPSA) is 69.4 Å². The summed E-state index contributed by atoms with van der Waals surface area (Å²) in [5.74, 6) is 0.299. The molecule has 1 aromatic rings. The van der Waals surface area contributed by atoms with E-state index in [1.54, 1.807) is 18.2 Å². The van der Waals surface area contributed by atoms with Crippen LogP contribution in [-0.4, -0.2) is 8.42 Å². The molecule has 2 N–H and O–H groups in total. The molecule has 0 unspecified atom stereocenters. The highest BCUT2D eigenvalue weighted by Gasteiger charge is 2.07. The lowest BCUT2D eigenvalue weighted by Gasteiger charge is -2.06. The van der Waals surface area contributed by atoms with Crippen LogP contribution in [0.2, 0.25) is 0 Å². The Labute approximate surface area is 77.6 Å². The first-order chi connectivity index (χ1) is 6.03. The third kappa shape index (κ3) is 3.04. The molecule has 0 bridgehead atoms. The number of aryl methyl sites for hydroxylation is 1. The monoisotopic (exact) mass is 201 g/mol. The van der Waals surface area contributed by atoms with Crippen molar-refractivity contribution in [3.63, 3.8) is 0 Å². The lowest BCUT2D eigenvalue weighted by molar-refractivity contribution is 0.485. The van der Waals surface area contributed by atoms with Crippen molar-refractivity contribution < 1.29 is 12.6 Å². The Morgan fingerprint density at radius 3 is 2.54 bits per heavy atom. The molecule has 13 heavy (non-hydrogen) atoms. The molecular weight excluding hydrogens is 190 g/mol. The molecule has 0 aliphatic heterocycles. The lowest BCUT2D eigenvalue weighted by atomic mass is 10.1. The molecule has 0 radical (unpaired) electrons. The van der Waals surface area contributed by atoms with E-state index in [9.17, 15) is 8.42 Å². The van der Waals surface area contributed by atoms with Gasteiger partial charge >= 0.3 is 10.3 Å². The van der Waals surface area contributed by atoms with Gasteiger partial charge in [-0.25, -0.2) is 0 Å². The molecule has 0 spiro atoms. The van der Waals surface area contributed by atoms with Crippen molar-refractivity contribution in [2.24, 2.45) is 5.14 Å². The SMILES string of the molecule is CCc1ccccc1OS(N)(=O)=O. The molecular formula is C8H11NO3S. The zero-order valence-electron chi connectivity index (χ0n) is 7.23. The molecule has 0 atom stereocenters. The predicted molar refractivity (Wildman–Crippen MR) is 49.6 cm³/mol. The summed E-state index contributed by atoms with van der Waals surface area (Å²) in [6.45, 7) is 1.91. The van der Waals surface area contributed by atoms with Gasteiger partial charge in [0.2, 0.25) is 0 Å². The minimum absolute atomic E-state index is 0.299. The van der Waals surface area contributed by atoms with Crippen molar-refractivity contribution in [2.75, 3.05) is 0 Å². The van der Waals surface area contributed by atoms with Gasteiger partial charge in [-0.05, 0) is 18.1 Å². The normalized spacial score (nSPS) is 11.2. The molecule has 0 aromatic heterocycles. The number of nitrogens with two attached hydrogens (primary N) is 1. The highest BCUT2D eigenvalue weighted by molar-refractivity contribution is 7.84. The summed E-state index contributed by atoms with van der Waals surface area (Å²) in [6.07, 6.45) is 0.700. The van der Waals surface area contributed by atoms with Crippen LogP contribution in [0.15, 0.2) is 24.3 Å². The fourth-order valence-corrected chi connectivity index (χ4v) is 1.42. The van der Waals surface area contributed by atoms with Gasteiger partial charge in [0.25, 0.3) is 0 Å². The summed E-state index contributed by atoms with van der Waals surface area (Å²) >= 11 is 0. The quantitative estimate of drug-likeness (QED) is 0.787. The van der Waals surface area contributed by atoms with E-state index in [-0.39, 0.29) is 0 Å². The van der Waals surface area contributed by atoms with Gasteiger partial charge in [0.05, 0.1) is 0 Å². The Balaban J connectivity index is 3.01. The second-order valence-electron chi connectivity index (χ2n) is 2.54. The van der Waals surface area contributed by atoms with Gasteiger partial charge in [-0.15, -0.1) is 0 Å². The van der Waals surface area contributed by atoms with E-state index in [0.717, 1.165) is 5.56 Å². The summed E-state index contributed by atoms with van der Waals surface area (Å²) in [7, 11) is -3.91. The maximum atomic E-state index is 10.6. The average molecular weight is 201 g/mol. The van der Waals surface area contributed by atoms with Crippen LogP contribution in [0.1, 0.15) is 12.5 Å². The summed E-state index contributed by atoms with van der Waals surface area (Å²) in [6, 6.07) is 6.87. The molecule has 0 saturated carbocycles. The molecule has 0 saturated heterocycles. The smallest absolute Gasteiger partial charge is 0.371 e. The van der Waals surface area contributed by atoms with E-state index in [0.29, 0.717) is 12.2 Å². The minimum atomic E-state index is -3.91. The maximum absolute atomic E-state index is 10.6. The van der Waals surface area contributed by atoms with E-state index in [2.05, 4.69) is 4.18 Å². The van der Waals surface area contributed by atoms with Crippen LogP contribution >= 0.6 is 0 Å². The molecule has 72 valence electrons. The fourth-order valence-electron chi connectivity index (χ4n) is 1.00. The summed E-state index contributed by atoms with van der Waals surface area (Å²) in [5.41, 5.74) is 0.816. The van der Waals surface area contributed by atoms with E-state index in [1.165, 1.54) is 0 Å². The molecule has 4 nitrogen and oxygen atoms in total. The number of hydrogen-bond acceptors (Lipinski definition) is 3. The van der Waals surface area contributed by atoms with Crippen LogP contribution < -0.4 is 9.32 Å². The van der Waals surface area contributed by atoms with E-state index in [1.807, 2.05) is 13.0 Å². The van der Waals surface area contributed by atoms with Crippen molar-refractivity contribution in [3.05, 3.63) is 29.8 Å². The molecule has 0 fully saturated rings. The highest BCUT2D eigenvalue weighted by atomic mass is 32.2. The van der Waals surface area contributed by atoms with Gasteiger partial charge in [0, 0.05) is 0 Å². The van der Waals surface area contributed by atoms with Crippen LogP contribution in [0.3, 0.4) is 0 Å². The Morgan fingerprint density at radius 2 is 2.00 bits per heavy atom. The van der Waals surface area contributed by atoms with Gasteiger partial charge in [-0.3, -0.25) is 0 Å². The van der Waals surface area contributed by atoms with Gasteiger partial charge in [0.1, 0.15) is 5.75 Å². The highest BCUT2D eigenvalue weighted by Crippen LogP contribution is 2.18. The predicted octanol–water partition coefficient (Wildman–Crippen LogP) is 0.831. The van der Waals surface area contributed by atoms with Gasteiger partial charge in [0.15, 0.2) is 0 Å². The second-order valence-corrected chi connectivity index (χ2v) is 3.69. The van der Waals surface area contributed by atoms with Crippen molar-refractivity contribution in [1.29, 1.82) is 0 Å². The van der Waals surface area contributed by atoms with Crippen LogP contribution in [0.4, 0.5) is 0 Å². The molecule has 0 aliphatic rings. The number of rotatable bonds is 3. The molecule has 5 heteroatoms. The maximum Gasteiger partial charge on any atom is 0.380 e. The van der Waals surface area contributed by atoms with Crippen LogP contribution in [-0.2, 0) is 16.7 Å². The minimum Gasteiger partial charge on any atom is -0.371 e. The molecule has 1 aromatic carbocycles.